The third-order valence-corrected chi connectivity index (χ3v) is 12.0. The van der Waals surface area contributed by atoms with E-state index in [0.29, 0.717) is 91.2 Å². The number of aromatic nitrogens is 10. The molecule has 0 aliphatic carbocycles. The Morgan fingerprint density at radius 3 is 1.66 bits per heavy atom. The Labute approximate surface area is 369 Å². The number of carbonyl (C=O) groups is 2. The average molecular weight is 868 g/mol. The summed E-state index contributed by atoms with van der Waals surface area (Å²) >= 11 is 0. The zero-order valence-electron chi connectivity index (χ0n) is 36.9. The van der Waals surface area contributed by atoms with Crippen LogP contribution in [0, 0.1) is 13.8 Å². The first kappa shape index (κ1) is 42.4. The fourth-order valence-corrected chi connectivity index (χ4v) is 8.93. The van der Waals surface area contributed by atoms with E-state index in [4.69, 9.17) is 45.6 Å². The number of unbranched alkanes of at least 4 members (excludes halogenated alkanes) is 1. The normalized spacial score (nSPS) is 13.5. The highest BCUT2D eigenvalue weighted by Gasteiger charge is 2.24. The third-order valence-electron chi connectivity index (χ3n) is 12.0. The molecule has 0 radical (unpaired) electrons. The average Bonchev–Trinajstić information content (AvgIpc) is 4.06. The van der Waals surface area contributed by atoms with Crippen LogP contribution in [0.15, 0.2) is 48.8 Å². The van der Waals surface area contributed by atoms with Gasteiger partial charge in [0.25, 0.3) is 0 Å². The molecule has 4 N–H and O–H groups in total. The summed E-state index contributed by atoms with van der Waals surface area (Å²) in [6, 6.07) is 11.0. The van der Waals surface area contributed by atoms with Crippen LogP contribution in [0.5, 0.6) is 11.5 Å². The SMILES string of the molecule is CCn1nc(C)cc1-c1ncc2c3cc(C(N)=O)cc(OC)c3n(CCCCn3c4nc(-c5cc(C)nn5CC)ncc4c4cc(C(N)=O)cc(OCCCN5CCOCC5)c43)c2n1. The van der Waals surface area contributed by atoms with Crippen LogP contribution in [-0.2, 0) is 30.9 Å². The molecule has 332 valence electrons. The number of morpholine rings is 1. The van der Waals surface area contributed by atoms with Crippen LogP contribution in [0.25, 0.3) is 66.9 Å². The molecule has 1 saturated heterocycles. The summed E-state index contributed by atoms with van der Waals surface area (Å²) in [5.41, 5.74) is 18.8. The lowest BCUT2D eigenvalue weighted by Crippen LogP contribution is -2.37. The van der Waals surface area contributed by atoms with Gasteiger partial charge in [0.05, 0.1) is 49.4 Å². The van der Waals surface area contributed by atoms with Crippen molar-refractivity contribution in [2.45, 2.75) is 73.1 Å². The number of nitrogens with two attached hydrogens (primary N) is 2. The molecule has 0 unspecified atom stereocenters. The van der Waals surface area contributed by atoms with E-state index >= 15 is 0 Å². The van der Waals surface area contributed by atoms with Crippen LogP contribution >= 0.6 is 0 Å². The highest BCUT2D eigenvalue weighted by molar-refractivity contribution is 6.13. The number of ether oxygens (including phenoxy) is 3. The molecular weight excluding hydrogens is 815 g/mol. The Balaban J connectivity index is 1.11. The fraction of sp³-hybridized carbons (Fsp3) is 0.391. The lowest BCUT2D eigenvalue weighted by atomic mass is 10.1. The lowest BCUT2D eigenvalue weighted by Gasteiger charge is -2.26. The number of carbonyl (C=O) groups excluding carboxylic acids is 2. The number of amides is 2. The van der Waals surface area contributed by atoms with Gasteiger partial charge in [-0.15, -0.1) is 0 Å². The van der Waals surface area contributed by atoms with Crippen LogP contribution < -0.4 is 20.9 Å². The van der Waals surface area contributed by atoms with Crippen molar-refractivity contribution in [2.75, 3.05) is 46.6 Å². The van der Waals surface area contributed by atoms with Gasteiger partial charge in [-0.2, -0.15) is 10.2 Å². The minimum absolute atomic E-state index is 0.329. The predicted octanol–water partition coefficient (Wildman–Crippen LogP) is 5.65. The maximum absolute atomic E-state index is 12.8. The van der Waals surface area contributed by atoms with Gasteiger partial charge in [0.15, 0.2) is 11.6 Å². The molecule has 0 atom stereocenters. The van der Waals surface area contributed by atoms with Crippen molar-refractivity contribution in [1.29, 1.82) is 0 Å². The Bertz CT molecular complexity index is 3060. The Hall–Kier alpha value is -6.92. The van der Waals surface area contributed by atoms with Crippen LogP contribution in [-0.4, -0.2) is 112 Å². The van der Waals surface area contributed by atoms with Crippen molar-refractivity contribution in [3.05, 3.63) is 71.3 Å². The smallest absolute Gasteiger partial charge is 0.248 e. The highest BCUT2D eigenvalue weighted by atomic mass is 16.5. The van der Waals surface area contributed by atoms with E-state index in [1.165, 1.54) is 0 Å². The molecule has 18 heteroatoms. The molecule has 2 aromatic carbocycles. The summed E-state index contributed by atoms with van der Waals surface area (Å²) in [6.45, 7) is 14.9. The van der Waals surface area contributed by atoms with E-state index in [0.717, 1.165) is 94.6 Å². The Morgan fingerprint density at radius 2 is 1.17 bits per heavy atom. The monoisotopic (exact) mass is 867 g/mol. The van der Waals surface area contributed by atoms with Crippen molar-refractivity contribution in [3.8, 4) is 34.5 Å². The molecule has 0 saturated carbocycles. The molecule has 2 amide bonds. The Kier molecular flexibility index (Phi) is 11.7. The summed E-state index contributed by atoms with van der Waals surface area (Å²) in [6.07, 6.45) is 5.83. The van der Waals surface area contributed by atoms with E-state index < -0.39 is 11.8 Å². The molecule has 9 rings (SSSR count). The predicted molar refractivity (Wildman–Crippen MR) is 244 cm³/mol. The molecule has 0 spiro atoms. The van der Waals surface area contributed by atoms with Gasteiger partial charge in [-0.05, 0) is 83.4 Å². The van der Waals surface area contributed by atoms with Crippen molar-refractivity contribution in [2.24, 2.45) is 11.5 Å². The van der Waals surface area contributed by atoms with Crippen LogP contribution in [0.2, 0.25) is 0 Å². The number of hydrogen-bond donors (Lipinski definition) is 2. The van der Waals surface area contributed by atoms with Crippen molar-refractivity contribution >= 4 is 55.7 Å². The molecule has 7 heterocycles. The van der Waals surface area contributed by atoms with Gasteiger partial charge in [0.1, 0.15) is 34.2 Å². The first-order valence-electron chi connectivity index (χ1n) is 21.9. The lowest BCUT2D eigenvalue weighted by molar-refractivity contribution is 0.0358. The van der Waals surface area contributed by atoms with Gasteiger partial charge in [0.2, 0.25) is 11.8 Å². The first-order chi connectivity index (χ1) is 31.1. The largest absolute Gasteiger partial charge is 0.495 e. The minimum atomic E-state index is -0.559. The number of rotatable bonds is 17. The van der Waals surface area contributed by atoms with Crippen LogP contribution in [0.1, 0.15) is 65.2 Å². The number of methoxy groups -OCH3 is 1. The van der Waals surface area contributed by atoms with E-state index in [1.807, 2.05) is 61.5 Å². The van der Waals surface area contributed by atoms with Crippen molar-refractivity contribution in [1.82, 2.24) is 53.5 Å². The van der Waals surface area contributed by atoms with Crippen LogP contribution in [0.3, 0.4) is 0 Å². The molecule has 1 aliphatic heterocycles. The zero-order chi connectivity index (χ0) is 44.6. The van der Waals surface area contributed by atoms with Gasteiger partial charge in [-0.3, -0.25) is 23.9 Å². The van der Waals surface area contributed by atoms with Gasteiger partial charge in [0, 0.05) is 90.9 Å². The van der Waals surface area contributed by atoms with E-state index in [9.17, 15) is 9.59 Å². The zero-order valence-corrected chi connectivity index (χ0v) is 36.9. The fourth-order valence-electron chi connectivity index (χ4n) is 8.93. The summed E-state index contributed by atoms with van der Waals surface area (Å²) in [5.74, 6) is 1.05. The van der Waals surface area contributed by atoms with E-state index in [1.54, 1.807) is 31.5 Å². The highest BCUT2D eigenvalue weighted by Crippen LogP contribution is 2.39. The second-order valence-corrected chi connectivity index (χ2v) is 16.2. The van der Waals surface area contributed by atoms with Gasteiger partial charge in [-0.1, -0.05) is 0 Å². The molecule has 18 nitrogen and oxygen atoms in total. The first-order valence-corrected chi connectivity index (χ1v) is 21.9. The van der Waals surface area contributed by atoms with Crippen molar-refractivity contribution < 1.29 is 23.8 Å². The number of aryl methyl sites for hydroxylation is 6. The maximum Gasteiger partial charge on any atom is 0.248 e. The summed E-state index contributed by atoms with van der Waals surface area (Å²) < 4.78 is 26.1. The second kappa shape index (κ2) is 17.7. The molecular formula is C46H53N13O5. The van der Waals surface area contributed by atoms with Crippen LogP contribution in [0.4, 0.5) is 0 Å². The Morgan fingerprint density at radius 1 is 0.672 bits per heavy atom. The second-order valence-electron chi connectivity index (χ2n) is 16.2. The van der Waals surface area contributed by atoms with Gasteiger partial charge in [-0.25, -0.2) is 19.9 Å². The molecule has 6 aromatic heterocycles. The third kappa shape index (κ3) is 7.87. The molecule has 64 heavy (non-hydrogen) atoms. The van der Waals surface area contributed by atoms with Gasteiger partial charge >= 0.3 is 0 Å². The quantitative estimate of drug-likeness (QED) is 0.106. The topological polar surface area (TPSA) is 214 Å². The van der Waals surface area contributed by atoms with Crippen molar-refractivity contribution in [3.63, 3.8) is 0 Å². The number of benzene rings is 2. The molecule has 8 aromatic rings. The van der Waals surface area contributed by atoms with E-state index in [-0.39, 0.29) is 0 Å². The molecule has 1 aliphatic rings. The summed E-state index contributed by atoms with van der Waals surface area (Å²) in [7, 11) is 1.58. The standard InChI is InChI=1S/C46H53N13O5/c1-6-58-35(19-27(3)53-58)43-49-25-33-31-21-29(41(47)60)23-37(62-5)39(31)56(45(33)51-43)12-8-9-13-57-40-32(34-26-50-44(52-46(34)57)36-20-28(4)54-59(36)7-2)22-30(42(48)61)24-38(40)64-16-10-11-55-14-17-63-18-15-55/h19-26H,6-18H2,1-5H3,(H2,47,60)(H2,48,61). The number of primary amides is 2. The molecule has 0 bridgehead atoms. The number of hydrogen-bond acceptors (Lipinski definition) is 12. The summed E-state index contributed by atoms with van der Waals surface area (Å²) in [5, 5.41) is 12.4. The maximum atomic E-state index is 12.8. The van der Waals surface area contributed by atoms with Gasteiger partial charge < -0.3 is 34.8 Å². The number of fused-ring (bicyclic) bond motifs is 6. The van der Waals surface area contributed by atoms with E-state index in [2.05, 4.69) is 24.2 Å². The summed E-state index contributed by atoms with van der Waals surface area (Å²) in [4.78, 5) is 47.6. The number of nitrogens with zero attached hydrogens (tertiary/aromatic N) is 11. The molecule has 1 fully saturated rings. The minimum Gasteiger partial charge on any atom is -0.495 e.